The maximum Gasteiger partial charge on any atom is 0.0375 e. The van der Waals surface area contributed by atoms with Crippen LogP contribution in [0.2, 0.25) is 0 Å². The summed E-state index contributed by atoms with van der Waals surface area (Å²) in [5, 5.41) is 0. The lowest BCUT2D eigenvalue weighted by atomic mass is 9.94. The van der Waals surface area contributed by atoms with E-state index in [0.717, 1.165) is 5.69 Å². The predicted molar refractivity (Wildman–Crippen MR) is 68.6 cm³/mol. The predicted octanol–water partition coefficient (Wildman–Crippen LogP) is 3.98. The molecular formula is C15H17N. The van der Waals surface area contributed by atoms with Crippen LogP contribution in [0.4, 0.5) is 0 Å². The summed E-state index contributed by atoms with van der Waals surface area (Å²) in [5.41, 5.74) is 7.58. The van der Waals surface area contributed by atoms with E-state index < -0.39 is 0 Å². The van der Waals surface area contributed by atoms with E-state index >= 15 is 0 Å². The molecule has 2 rings (SSSR count). The van der Waals surface area contributed by atoms with Crippen LogP contribution in [0.25, 0.3) is 11.1 Å². The lowest BCUT2D eigenvalue weighted by molar-refractivity contribution is 1.17. The van der Waals surface area contributed by atoms with E-state index in [-0.39, 0.29) is 0 Å². The molecule has 0 atom stereocenters. The third kappa shape index (κ3) is 1.85. The molecule has 1 heterocycles. The molecule has 1 heteroatoms. The van der Waals surface area contributed by atoms with Gasteiger partial charge >= 0.3 is 0 Å². The first-order valence-corrected chi connectivity index (χ1v) is 5.59. The molecule has 0 aliphatic carbocycles. The van der Waals surface area contributed by atoms with Crippen LogP contribution in [-0.4, -0.2) is 4.98 Å². The molecule has 0 bridgehead atoms. The Bertz CT molecular complexity index is 507. The van der Waals surface area contributed by atoms with E-state index in [2.05, 4.69) is 50.0 Å². The van der Waals surface area contributed by atoms with Gasteiger partial charge in [0.2, 0.25) is 0 Å². The van der Waals surface area contributed by atoms with Crippen molar-refractivity contribution in [3.05, 3.63) is 52.8 Å². The van der Waals surface area contributed by atoms with Gasteiger partial charge in [0.05, 0.1) is 0 Å². The summed E-state index contributed by atoms with van der Waals surface area (Å²) in [4.78, 5) is 4.40. The number of pyridine rings is 1. The number of benzene rings is 1. The fourth-order valence-corrected chi connectivity index (χ4v) is 2.20. The Balaban J connectivity index is 2.68. The summed E-state index contributed by atoms with van der Waals surface area (Å²) in [7, 11) is 0. The Hall–Kier alpha value is -1.63. The SMILES string of the molecule is Cc1cc(C)c(-c2c(C)cccc2C)cn1. The Morgan fingerprint density at radius 3 is 2.06 bits per heavy atom. The van der Waals surface area contributed by atoms with Gasteiger partial charge in [-0.1, -0.05) is 18.2 Å². The van der Waals surface area contributed by atoms with Crippen LogP contribution in [0, 0.1) is 27.7 Å². The van der Waals surface area contributed by atoms with E-state index in [9.17, 15) is 0 Å². The van der Waals surface area contributed by atoms with E-state index in [4.69, 9.17) is 0 Å². The summed E-state index contributed by atoms with van der Waals surface area (Å²) in [6.45, 7) is 8.49. The highest BCUT2D eigenvalue weighted by Gasteiger charge is 2.08. The van der Waals surface area contributed by atoms with Crippen LogP contribution >= 0.6 is 0 Å². The zero-order chi connectivity index (χ0) is 11.7. The number of aryl methyl sites for hydroxylation is 4. The summed E-state index contributed by atoms with van der Waals surface area (Å²) >= 11 is 0. The van der Waals surface area contributed by atoms with Crippen molar-refractivity contribution in [3.8, 4) is 11.1 Å². The molecule has 0 amide bonds. The van der Waals surface area contributed by atoms with Crippen LogP contribution in [-0.2, 0) is 0 Å². The monoisotopic (exact) mass is 211 g/mol. The third-order valence-electron chi connectivity index (χ3n) is 3.00. The molecule has 0 fully saturated rings. The molecule has 0 radical (unpaired) electrons. The Labute approximate surface area is 97.2 Å². The molecule has 82 valence electrons. The molecule has 1 nitrogen and oxygen atoms in total. The first-order valence-electron chi connectivity index (χ1n) is 5.59. The van der Waals surface area contributed by atoms with Crippen molar-refractivity contribution in [2.24, 2.45) is 0 Å². The van der Waals surface area contributed by atoms with Crippen LogP contribution in [0.5, 0.6) is 0 Å². The zero-order valence-corrected chi connectivity index (χ0v) is 10.3. The van der Waals surface area contributed by atoms with Gasteiger partial charge in [0, 0.05) is 17.5 Å². The molecule has 16 heavy (non-hydrogen) atoms. The van der Waals surface area contributed by atoms with Gasteiger partial charge in [-0.3, -0.25) is 4.98 Å². The number of hydrogen-bond donors (Lipinski definition) is 0. The minimum absolute atomic E-state index is 1.08. The lowest BCUT2D eigenvalue weighted by Gasteiger charge is -2.12. The second-order valence-electron chi connectivity index (χ2n) is 4.41. The van der Waals surface area contributed by atoms with Gasteiger partial charge in [-0.15, -0.1) is 0 Å². The summed E-state index contributed by atoms with van der Waals surface area (Å²) in [6.07, 6.45) is 1.99. The van der Waals surface area contributed by atoms with Gasteiger partial charge < -0.3 is 0 Å². The fourth-order valence-electron chi connectivity index (χ4n) is 2.20. The number of aromatic nitrogens is 1. The largest absolute Gasteiger partial charge is 0.261 e. The van der Waals surface area contributed by atoms with E-state index in [1.807, 2.05) is 13.1 Å². The first-order chi connectivity index (χ1) is 7.59. The van der Waals surface area contributed by atoms with Crippen molar-refractivity contribution in [2.75, 3.05) is 0 Å². The molecule has 0 saturated carbocycles. The molecule has 1 aromatic carbocycles. The Morgan fingerprint density at radius 1 is 0.875 bits per heavy atom. The van der Waals surface area contributed by atoms with Crippen LogP contribution in [0.1, 0.15) is 22.4 Å². The molecule has 0 aliphatic heterocycles. The maximum absolute atomic E-state index is 4.40. The number of rotatable bonds is 1. The van der Waals surface area contributed by atoms with Crippen molar-refractivity contribution < 1.29 is 0 Å². The highest BCUT2D eigenvalue weighted by Crippen LogP contribution is 2.29. The fraction of sp³-hybridized carbons (Fsp3) is 0.267. The van der Waals surface area contributed by atoms with Gasteiger partial charge in [0.15, 0.2) is 0 Å². The third-order valence-corrected chi connectivity index (χ3v) is 3.00. The molecule has 0 unspecified atom stereocenters. The minimum atomic E-state index is 1.08. The average Bonchev–Trinajstić information content (AvgIpc) is 2.20. The highest BCUT2D eigenvalue weighted by atomic mass is 14.7. The van der Waals surface area contributed by atoms with E-state index in [1.54, 1.807) is 0 Å². The molecule has 0 N–H and O–H groups in total. The summed E-state index contributed by atoms with van der Waals surface area (Å²) in [5.74, 6) is 0. The molecule has 1 aromatic heterocycles. The second-order valence-corrected chi connectivity index (χ2v) is 4.41. The normalized spacial score (nSPS) is 10.5. The van der Waals surface area contributed by atoms with Crippen LogP contribution in [0.15, 0.2) is 30.5 Å². The molecular weight excluding hydrogens is 194 g/mol. The minimum Gasteiger partial charge on any atom is -0.261 e. The zero-order valence-electron chi connectivity index (χ0n) is 10.3. The smallest absolute Gasteiger partial charge is 0.0375 e. The van der Waals surface area contributed by atoms with Crippen molar-refractivity contribution in [3.63, 3.8) is 0 Å². The van der Waals surface area contributed by atoms with Crippen molar-refractivity contribution >= 4 is 0 Å². The van der Waals surface area contributed by atoms with Gasteiger partial charge in [-0.2, -0.15) is 0 Å². The van der Waals surface area contributed by atoms with Crippen LogP contribution in [0.3, 0.4) is 0 Å². The first kappa shape index (κ1) is 10.9. The van der Waals surface area contributed by atoms with E-state index in [1.165, 1.54) is 27.8 Å². The van der Waals surface area contributed by atoms with Gasteiger partial charge in [-0.25, -0.2) is 0 Å². The van der Waals surface area contributed by atoms with Crippen LogP contribution < -0.4 is 0 Å². The molecule has 0 aliphatic rings. The summed E-state index contributed by atoms with van der Waals surface area (Å²) < 4.78 is 0. The van der Waals surface area contributed by atoms with Gasteiger partial charge in [0.1, 0.15) is 0 Å². The molecule has 2 aromatic rings. The lowest BCUT2D eigenvalue weighted by Crippen LogP contribution is -1.93. The van der Waals surface area contributed by atoms with Crippen molar-refractivity contribution in [2.45, 2.75) is 27.7 Å². The quantitative estimate of drug-likeness (QED) is 0.695. The maximum atomic E-state index is 4.40. The van der Waals surface area contributed by atoms with Crippen molar-refractivity contribution in [1.82, 2.24) is 4.98 Å². The number of nitrogens with zero attached hydrogens (tertiary/aromatic N) is 1. The number of hydrogen-bond acceptors (Lipinski definition) is 1. The average molecular weight is 211 g/mol. The van der Waals surface area contributed by atoms with Gasteiger partial charge in [0.25, 0.3) is 0 Å². The topological polar surface area (TPSA) is 12.9 Å². The Morgan fingerprint density at radius 2 is 1.50 bits per heavy atom. The molecule has 0 spiro atoms. The van der Waals surface area contributed by atoms with Gasteiger partial charge in [-0.05, 0) is 56.0 Å². The standard InChI is InChI=1S/C15H17N/c1-10-6-5-7-11(2)15(10)14-9-16-13(4)8-12(14)3/h5-9H,1-4H3. The van der Waals surface area contributed by atoms with E-state index in [0.29, 0.717) is 0 Å². The molecule has 0 saturated heterocycles. The highest BCUT2D eigenvalue weighted by molar-refractivity contribution is 5.72. The van der Waals surface area contributed by atoms with Crippen molar-refractivity contribution in [1.29, 1.82) is 0 Å². The Kier molecular flexibility index (Phi) is 2.78. The summed E-state index contributed by atoms with van der Waals surface area (Å²) in [6, 6.07) is 8.55. The second kappa shape index (κ2) is 4.09.